The highest BCUT2D eigenvalue weighted by Gasteiger charge is 2.25. The largest absolute Gasteiger partial charge is 0.321 e. The standard InChI is InChI=1S/C26H24BrClN2O4S/c27-19-11-14-24(22(17-19)25(31)21-7-3-4-8-23(21)28)29-26(32)18-9-12-20(13-10-18)35(33,34)30-15-5-1-2-6-16-30/h3-4,7-14,17H,1-2,5-6,15-16H2,(H,29,32). The monoisotopic (exact) mass is 574 g/mol. The first kappa shape index (κ1) is 25.6. The van der Waals surface area contributed by atoms with E-state index in [1.54, 1.807) is 42.5 Å². The zero-order valence-electron chi connectivity index (χ0n) is 18.8. The molecule has 1 fully saturated rings. The molecule has 3 aromatic carbocycles. The van der Waals surface area contributed by atoms with E-state index in [0.29, 0.717) is 33.8 Å². The lowest BCUT2D eigenvalue weighted by molar-refractivity contribution is 0.102. The van der Waals surface area contributed by atoms with Gasteiger partial charge in [-0.25, -0.2) is 8.42 Å². The molecule has 9 heteroatoms. The highest BCUT2D eigenvalue weighted by Crippen LogP contribution is 2.27. The van der Waals surface area contributed by atoms with Crippen LogP contribution < -0.4 is 5.32 Å². The molecular weight excluding hydrogens is 552 g/mol. The molecule has 4 rings (SSSR count). The third-order valence-electron chi connectivity index (χ3n) is 5.91. The number of nitrogens with one attached hydrogen (secondary N) is 1. The summed E-state index contributed by atoms with van der Waals surface area (Å²) >= 11 is 9.58. The summed E-state index contributed by atoms with van der Waals surface area (Å²) in [6.45, 7) is 1.02. The highest BCUT2D eigenvalue weighted by atomic mass is 79.9. The Labute approximate surface area is 218 Å². The van der Waals surface area contributed by atoms with Gasteiger partial charge in [-0.3, -0.25) is 9.59 Å². The van der Waals surface area contributed by atoms with Gasteiger partial charge in [0.15, 0.2) is 5.78 Å². The van der Waals surface area contributed by atoms with Crippen LogP contribution in [-0.2, 0) is 10.0 Å². The third-order valence-corrected chi connectivity index (χ3v) is 8.65. The van der Waals surface area contributed by atoms with E-state index in [2.05, 4.69) is 21.2 Å². The van der Waals surface area contributed by atoms with E-state index in [9.17, 15) is 18.0 Å². The molecule has 0 atom stereocenters. The molecular formula is C26H24BrClN2O4S. The maximum atomic E-state index is 13.2. The molecule has 6 nitrogen and oxygen atoms in total. The number of nitrogens with zero attached hydrogens (tertiary/aromatic N) is 1. The molecule has 0 radical (unpaired) electrons. The van der Waals surface area contributed by atoms with E-state index in [4.69, 9.17) is 11.6 Å². The number of carbonyl (C=O) groups is 2. The highest BCUT2D eigenvalue weighted by molar-refractivity contribution is 9.10. The summed E-state index contributed by atoms with van der Waals surface area (Å²) in [7, 11) is -3.60. The average Bonchev–Trinajstić information content (AvgIpc) is 3.15. The van der Waals surface area contributed by atoms with E-state index in [0.717, 1.165) is 25.7 Å². The van der Waals surface area contributed by atoms with Crippen molar-refractivity contribution in [1.29, 1.82) is 0 Å². The molecule has 1 saturated heterocycles. The fourth-order valence-corrected chi connectivity index (χ4v) is 6.11. The quantitative estimate of drug-likeness (QED) is 0.357. The smallest absolute Gasteiger partial charge is 0.255 e. The van der Waals surface area contributed by atoms with Gasteiger partial charge in [-0.05, 0) is 67.4 Å². The van der Waals surface area contributed by atoms with Crippen molar-refractivity contribution < 1.29 is 18.0 Å². The van der Waals surface area contributed by atoms with Gasteiger partial charge in [0.1, 0.15) is 0 Å². The first-order valence-electron chi connectivity index (χ1n) is 11.3. The van der Waals surface area contributed by atoms with Crippen molar-refractivity contribution in [3.63, 3.8) is 0 Å². The number of halogens is 2. The number of ketones is 1. The van der Waals surface area contributed by atoms with Crippen LogP contribution in [0, 0.1) is 0 Å². The number of amides is 1. The van der Waals surface area contributed by atoms with Crippen molar-refractivity contribution in [2.75, 3.05) is 18.4 Å². The number of hydrogen-bond donors (Lipinski definition) is 1. The third kappa shape index (κ3) is 5.83. The van der Waals surface area contributed by atoms with Crippen LogP contribution in [-0.4, -0.2) is 37.5 Å². The van der Waals surface area contributed by atoms with Crippen molar-refractivity contribution in [3.8, 4) is 0 Å². The Hall–Kier alpha value is -2.52. The Bertz CT molecular complexity index is 1350. The number of anilines is 1. The van der Waals surface area contributed by atoms with Crippen molar-refractivity contribution >= 4 is 54.9 Å². The number of hydrogen-bond acceptors (Lipinski definition) is 4. The Morgan fingerprint density at radius 1 is 0.857 bits per heavy atom. The second-order valence-corrected chi connectivity index (χ2v) is 11.6. The Morgan fingerprint density at radius 2 is 1.51 bits per heavy atom. The molecule has 3 aromatic rings. The van der Waals surface area contributed by atoms with Crippen LogP contribution in [0.5, 0.6) is 0 Å². The molecule has 0 unspecified atom stereocenters. The molecule has 182 valence electrons. The molecule has 1 aliphatic heterocycles. The number of sulfonamides is 1. The summed E-state index contributed by atoms with van der Waals surface area (Å²) < 4.78 is 28.2. The van der Waals surface area contributed by atoms with Crippen molar-refractivity contribution in [2.45, 2.75) is 30.6 Å². The Balaban J connectivity index is 1.56. The average molecular weight is 576 g/mol. The van der Waals surface area contributed by atoms with Gasteiger partial charge in [0.2, 0.25) is 10.0 Å². The van der Waals surface area contributed by atoms with Crippen LogP contribution in [0.3, 0.4) is 0 Å². The van der Waals surface area contributed by atoms with Gasteiger partial charge >= 0.3 is 0 Å². The van der Waals surface area contributed by atoms with Crippen molar-refractivity contribution in [2.24, 2.45) is 0 Å². The minimum absolute atomic E-state index is 0.161. The van der Waals surface area contributed by atoms with E-state index in [1.165, 1.54) is 28.6 Å². The first-order chi connectivity index (χ1) is 16.8. The lowest BCUT2D eigenvalue weighted by Crippen LogP contribution is -2.31. The Morgan fingerprint density at radius 3 is 2.17 bits per heavy atom. The summed E-state index contributed by atoms with van der Waals surface area (Å²) in [5.41, 5.74) is 1.20. The predicted octanol–water partition coefficient (Wildman–Crippen LogP) is 6.15. The van der Waals surface area contributed by atoms with Crippen molar-refractivity contribution in [3.05, 3.63) is 92.9 Å². The second kappa shape index (κ2) is 11.0. The summed E-state index contributed by atoms with van der Waals surface area (Å²) in [4.78, 5) is 26.3. The van der Waals surface area contributed by atoms with E-state index < -0.39 is 15.9 Å². The summed E-state index contributed by atoms with van der Waals surface area (Å²) in [6, 6.07) is 17.5. The van der Waals surface area contributed by atoms with Gasteiger partial charge in [-0.2, -0.15) is 4.31 Å². The number of rotatable bonds is 6. The van der Waals surface area contributed by atoms with Gasteiger partial charge in [0.05, 0.1) is 15.6 Å². The van der Waals surface area contributed by atoms with Crippen LogP contribution in [0.15, 0.2) is 76.1 Å². The lowest BCUT2D eigenvalue weighted by atomic mass is 10.0. The van der Waals surface area contributed by atoms with E-state index in [-0.39, 0.29) is 21.8 Å². The lowest BCUT2D eigenvalue weighted by Gasteiger charge is -2.20. The fraction of sp³-hybridized carbons (Fsp3) is 0.231. The van der Waals surface area contributed by atoms with E-state index in [1.807, 2.05) is 0 Å². The second-order valence-electron chi connectivity index (χ2n) is 8.30. The Kier molecular flexibility index (Phi) is 8.06. The van der Waals surface area contributed by atoms with Gasteiger partial charge < -0.3 is 5.32 Å². The van der Waals surface area contributed by atoms with Gasteiger partial charge in [-0.1, -0.05) is 52.5 Å². The number of carbonyl (C=O) groups excluding carboxylic acids is 2. The minimum Gasteiger partial charge on any atom is -0.321 e. The van der Waals surface area contributed by atoms with Gasteiger partial charge in [0.25, 0.3) is 5.91 Å². The molecule has 35 heavy (non-hydrogen) atoms. The molecule has 0 saturated carbocycles. The van der Waals surface area contributed by atoms with E-state index >= 15 is 0 Å². The molecule has 1 amide bonds. The normalized spacial score (nSPS) is 14.8. The van der Waals surface area contributed by atoms with Gasteiger partial charge in [-0.15, -0.1) is 0 Å². The molecule has 0 aromatic heterocycles. The van der Waals surface area contributed by atoms with Crippen LogP contribution in [0.2, 0.25) is 5.02 Å². The molecule has 0 spiro atoms. The fourth-order valence-electron chi connectivity index (χ4n) is 4.01. The molecule has 1 N–H and O–H groups in total. The van der Waals surface area contributed by atoms with Crippen molar-refractivity contribution in [1.82, 2.24) is 4.31 Å². The topological polar surface area (TPSA) is 83.5 Å². The molecule has 0 bridgehead atoms. The summed E-state index contributed by atoms with van der Waals surface area (Å²) in [6.07, 6.45) is 3.76. The summed E-state index contributed by atoms with van der Waals surface area (Å²) in [5.74, 6) is -0.787. The van der Waals surface area contributed by atoms with Crippen LogP contribution in [0.1, 0.15) is 52.0 Å². The number of benzene rings is 3. The molecule has 1 heterocycles. The van der Waals surface area contributed by atoms with Gasteiger partial charge in [0, 0.05) is 34.3 Å². The zero-order chi connectivity index (χ0) is 25.0. The SMILES string of the molecule is O=C(Nc1ccc(Br)cc1C(=O)c1ccccc1Cl)c1ccc(S(=O)(=O)N2CCCCCC2)cc1. The first-order valence-corrected chi connectivity index (χ1v) is 13.9. The van der Waals surface area contributed by atoms with Crippen LogP contribution >= 0.6 is 27.5 Å². The zero-order valence-corrected chi connectivity index (χ0v) is 22.0. The van der Waals surface area contributed by atoms with Crippen LogP contribution in [0.25, 0.3) is 0 Å². The molecule has 1 aliphatic rings. The van der Waals surface area contributed by atoms with Crippen LogP contribution in [0.4, 0.5) is 5.69 Å². The maximum Gasteiger partial charge on any atom is 0.255 e. The maximum absolute atomic E-state index is 13.2. The minimum atomic E-state index is -3.60. The molecule has 0 aliphatic carbocycles. The predicted molar refractivity (Wildman–Crippen MR) is 141 cm³/mol. The summed E-state index contributed by atoms with van der Waals surface area (Å²) in [5, 5.41) is 3.09.